The Morgan fingerprint density at radius 3 is 2.82 bits per heavy atom. The molecule has 1 aromatic rings. The maximum absolute atomic E-state index is 11.5. The third kappa shape index (κ3) is 8.90. The van der Waals surface area contributed by atoms with E-state index in [2.05, 4.69) is 24.0 Å². The van der Waals surface area contributed by atoms with E-state index >= 15 is 0 Å². The van der Waals surface area contributed by atoms with Gasteiger partial charge in [-0.05, 0) is 62.9 Å². The van der Waals surface area contributed by atoms with Crippen molar-refractivity contribution in [2.45, 2.75) is 58.0 Å². The number of primary amides is 1. The molecule has 8 nitrogen and oxygen atoms in total. The van der Waals surface area contributed by atoms with Crippen LogP contribution in [0.3, 0.4) is 0 Å². The van der Waals surface area contributed by atoms with Gasteiger partial charge in [0.2, 0.25) is 5.91 Å². The smallest absolute Gasteiger partial charge is 0.242 e. The monoisotopic (exact) mass is 457 g/mol. The number of ether oxygens (including phenoxy) is 1. The molecule has 6 N–H and O–H groups in total. The van der Waals surface area contributed by atoms with Gasteiger partial charge < -0.3 is 25.9 Å². The van der Waals surface area contributed by atoms with Crippen LogP contribution in [0.25, 0.3) is 0 Å². The number of aliphatic imine (C=N–C) groups is 1. The molecule has 1 saturated carbocycles. The Labute approximate surface area is 197 Å². The molecule has 33 heavy (non-hydrogen) atoms. The minimum atomic E-state index is -1.14. The number of hydrogen-bond acceptors (Lipinski definition) is 7. The van der Waals surface area contributed by atoms with Crippen molar-refractivity contribution in [1.29, 1.82) is 0 Å². The molecule has 1 aliphatic carbocycles. The summed E-state index contributed by atoms with van der Waals surface area (Å²) in [7, 11) is 0. The fraction of sp³-hybridized carbons (Fsp3) is 0.520. The first-order chi connectivity index (χ1) is 15.7. The lowest BCUT2D eigenvalue weighted by Crippen LogP contribution is -2.43. The number of nitrogens with zero attached hydrogens (tertiary/aromatic N) is 2. The molecule has 0 radical (unpaired) electrons. The molecule has 0 aromatic heterocycles. The lowest BCUT2D eigenvalue weighted by molar-refractivity contribution is -0.113. The number of unbranched alkanes of at least 4 members (excludes halogenated alkanes) is 1. The van der Waals surface area contributed by atoms with Gasteiger partial charge in [0.1, 0.15) is 11.4 Å². The highest BCUT2D eigenvalue weighted by atomic mass is 16.5. The molecule has 0 saturated heterocycles. The van der Waals surface area contributed by atoms with E-state index in [1.54, 1.807) is 17.4 Å². The molecule has 0 spiro atoms. The predicted octanol–water partition coefficient (Wildman–Crippen LogP) is 2.94. The molecule has 1 fully saturated rings. The summed E-state index contributed by atoms with van der Waals surface area (Å²) < 4.78 is 5.98. The molecule has 1 aromatic carbocycles. The average molecular weight is 458 g/mol. The lowest BCUT2D eigenvalue weighted by atomic mass is 9.90. The summed E-state index contributed by atoms with van der Waals surface area (Å²) in [4.78, 5) is 14.6. The van der Waals surface area contributed by atoms with Crippen molar-refractivity contribution in [1.82, 2.24) is 10.3 Å². The Hall–Kier alpha value is -2.84. The Morgan fingerprint density at radius 2 is 2.18 bits per heavy atom. The van der Waals surface area contributed by atoms with Crippen LogP contribution in [-0.2, 0) is 10.4 Å². The van der Waals surface area contributed by atoms with E-state index in [0.29, 0.717) is 26.0 Å². The fourth-order valence-corrected chi connectivity index (χ4v) is 3.43. The van der Waals surface area contributed by atoms with Gasteiger partial charge in [-0.2, -0.15) is 0 Å². The first-order valence-electron chi connectivity index (χ1n) is 11.5. The van der Waals surface area contributed by atoms with Crippen molar-refractivity contribution in [3.05, 3.63) is 54.0 Å². The van der Waals surface area contributed by atoms with E-state index in [1.807, 2.05) is 31.2 Å². The van der Waals surface area contributed by atoms with E-state index < -0.39 is 11.5 Å². The first-order valence-corrected chi connectivity index (χ1v) is 11.5. The van der Waals surface area contributed by atoms with Crippen LogP contribution in [-0.4, -0.2) is 42.4 Å². The standard InChI is InChI=1S/C25H39N5O3/c1-4-25(32,20-8-7-10-22(16-20)33-19-24(2)12-13-24)18-30(27)21(17-28-3)9-5-6-14-29-15-11-23(26)31/h7-8,10-11,15-17,29,32H,3-6,9,12-14,18-19,27H2,1-2H3,(H2,26,31)/b15-11-,21-17-/t25-/m1/s1. The van der Waals surface area contributed by atoms with Crippen LogP contribution < -0.4 is 21.6 Å². The van der Waals surface area contributed by atoms with Crippen LogP contribution in [0, 0.1) is 5.41 Å². The third-order valence-corrected chi connectivity index (χ3v) is 6.06. The van der Waals surface area contributed by atoms with E-state index in [-0.39, 0.29) is 12.0 Å². The minimum absolute atomic E-state index is 0.214. The Bertz CT molecular complexity index is 850. The van der Waals surface area contributed by atoms with Gasteiger partial charge in [-0.3, -0.25) is 9.79 Å². The van der Waals surface area contributed by atoms with E-state index in [0.717, 1.165) is 29.9 Å². The molecular formula is C25H39N5O3. The maximum Gasteiger partial charge on any atom is 0.242 e. The van der Waals surface area contributed by atoms with Gasteiger partial charge in [0.05, 0.1) is 13.2 Å². The average Bonchev–Trinajstić information content (AvgIpc) is 3.53. The molecule has 8 heteroatoms. The summed E-state index contributed by atoms with van der Waals surface area (Å²) >= 11 is 0. The Kier molecular flexibility index (Phi) is 9.94. The molecule has 0 aliphatic heterocycles. The van der Waals surface area contributed by atoms with Gasteiger partial charge in [0, 0.05) is 36.1 Å². The number of allylic oxidation sites excluding steroid dienone is 1. The Morgan fingerprint density at radius 1 is 1.42 bits per heavy atom. The molecule has 0 unspecified atom stereocenters. The summed E-state index contributed by atoms with van der Waals surface area (Å²) in [5.41, 5.74) is 5.76. The van der Waals surface area contributed by atoms with Gasteiger partial charge in [-0.15, -0.1) is 0 Å². The summed E-state index contributed by atoms with van der Waals surface area (Å²) in [5.74, 6) is 6.65. The summed E-state index contributed by atoms with van der Waals surface area (Å²) in [5, 5.41) is 16.0. The summed E-state index contributed by atoms with van der Waals surface area (Å²) in [6.45, 7) is 9.31. The minimum Gasteiger partial charge on any atom is -0.493 e. The zero-order valence-electron chi connectivity index (χ0n) is 19.9. The van der Waals surface area contributed by atoms with Crippen molar-refractivity contribution >= 4 is 12.6 Å². The highest BCUT2D eigenvalue weighted by molar-refractivity contribution is 5.85. The van der Waals surface area contributed by atoms with Gasteiger partial charge in [0.15, 0.2) is 0 Å². The SMILES string of the molecule is C=N/C=C(/CCCCN/C=C\C(N)=O)N(N)C[C@](O)(CC)c1cccc(OCC2(C)CC2)c1. The number of rotatable bonds is 16. The van der Waals surface area contributed by atoms with E-state index in [1.165, 1.54) is 18.9 Å². The molecule has 1 amide bonds. The largest absolute Gasteiger partial charge is 0.493 e. The van der Waals surface area contributed by atoms with Crippen molar-refractivity contribution in [3.63, 3.8) is 0 Å². The Balaban J connectivity index is 1.95. The van der Waals surface area contributed by atoms with E-state index in [9.17, 15) is 9.90 Å². The second-order valence-corrected chi connectivity index (χ2v) is 9.09. The molecule has 0 bridgehead atoms. The quantitative estimate of drug-likeness (QED) is 0.0994. The van der Waals surface area contributed by atoms with Crippen LogP contribution in [0.4, 0.5) is 0 Å². The van der Waals surface area contributed by atoms with Gasteiger partial charge in [-0.25, -0.2) is 5.84 Å². The van der Waals surface area contributed by atoms with Crippen LogP contribution in [0.5, 0.6) is 5.75 Å². The number of carbonyl (C=O) groups is 1. The van der Waals surface area contributed by atoms with Gasteiger partial charge in [0.25, 0.3) is 0 Å². The van der Waals surface area contributed by atoms with E-state index in [4.69, 9.17) is 16.3 Å². The zero-order chi connectivity index (χ0) is 24.3. The van der Waals surface area contributed by atoms with Crippen molar-refractivity contribution in [2.75, 3.05) is 19.7 Å². The van der Waals surface area contributed by atoms with Crippen LogP contribution in [0.2, 0.25) is 0 Å². The molecule has 0 heterocycles. The normalized spacial score (nSPS) is 16.8. The first kappa shape index (κ1) is 26.4. The zero-order valence-corrected chi connectivity index (χ0v) is 19.9. The van der Waals surface area contributed by atoms with Crippen LogP contribution in [0.1, 0.15) is 57.9 Å². The molecular weight excluding hydrogens is 418 g/mol. The number of hydrazine groups is 1. The lowest BCUT2D eigenvalue weighted by Gasteiger charge is -2.34. The number of nitrogens with one attached hydrogen (secondary N) is 1. The predicted molar refractivity (Wildman–Crippen MR) is 132 cm³/mol. The van der Waals surface area contributed by atoms with Gasteiger partial charge in [-0.1, -0.05) is 26.0 Å². The van der Waals surface area contributed by atoms with Crippen molar-refractivity contribution in [2.24, 2.45) is 22.0 Å². The number of carbonyl (C=O) groups excluding carboxylic acids is 1. The van der Waals surface area contributed by atoms with Gasteiger partial charge >= 0.3 is 0 Å². The molecule has 1 atom stereocenters. The molecule has 2 rings (SSSR count). The molecule has 182 valence electrons. The second-order valence-electron chi connectivity index (χ2n) is 9.09. The second kappa shape index (κ2) is 12.4. The third-order valence-electron chi connectivity index (χ3n) is 6.06. The van der Waals surface area contributed by atoms with Crippen LogP contribution in [0.15, 0.2) is 53.4 Å². The van der Waals surface area contributed by atoms with Crippen LogP contribution >= 0.6 is 0 Å². The number of amides is 1. The maximum atomic E-state index is 11.5. The number of nitrogens with two attached hydrogens (primary N) is 2. The van der Waals surface area contributed by atoms with Crippen molar-refractivity contribution in [3.8, 4) is 5.75 Å². The number of hydrogen-bond donors (Lipinski definition) is 4. The summed E-state index contributed by atoms with van der Waals surface area (Å²) in [6.07, 6.45) is 9.73. The topological polar surface area (TPSA) is 126 Å². The highest BCUT2D eigenvalue weighted by Gasteiger charge is 2.38. The fourth-order valence-electron chi connectivity index (χ4n) is 3.43. The van der Waals surface area contributed by atoms with Crippen molar-refractivity contribution < 1.29 is 14.6 Å². The molecule has 1 aliphatic rings. The highest BCUT2D eigenvalue weighted by Crippen LogP contribution is 2.45. The number of benzene rings is 1. The summed E-state index contributed by atoms with van der Waals surface area (Å²) in [6, 6.07) is 7.64. The number of aliphatic hydroxyl groups is 1.